The third kappa shape index (κ3) is 5.97. The van der Waals surface area contributed by atoms with Gasteiger partial charge in [-0.25, -0.2) is 0 Å². The number of aromatic nitrogens is 2. The molecule has 3 aromatic rings. The van der Waals surface area contributed by atoms with Gasteiger partial charge in [0.05, 0.1) is 11.8 Å². The predicted octanol–water partition coefficient (Wildman–Crippen LogP) is 4.49. The Labute approximate surface area is 192 Å². The summed E-state index contributed by atoms with van der Waals surface area (Å²) in [6.45, 7) is 7.77. The second-order valence-corrected chi connectivity index (χ2v) is 9.05. The zero-order valence-corrected chi connectivity index (χ0v) is 19.8. The summed E-state index contributed by atoms with van der Waals surface area (Å²) in [7, 11) is 1.61. The zero-order valence-electron chi connectivity index (χ0n) is 19.0. The molecule has 1 N–H and O–H groups in total. The van der Waals surface area contributed by atoms with Gasteiger partial charge in [0, 0.05) is 18.3 Å². The fourth-order valence-corrected chi connectivity index (χ4v) is 4.22. The molecule has 0 saturated carbocycles. The molecule has 8 heteroatoms. The number of nitrogens with one attached hydrogen (secondary N) is 1. The highest BCUT2D eigenvalue weighted by Crippen LogP contribution is 2.28. The van der Waals surface area contributed by atoms with Crippen molar-refractivity contribution in [1.29, 1.82) is 0 Å². The average Bonchev–Trinajstić information content (AvgIpc) is 3.21. The van der Waals surface area contributed by atoms with E-state index in [-0.39, 0.29) is 18.4 Å². The Morgan fingerprint density at radius 2 is 1.81 bits per heavy atom. The van der Waals surface area contributed by atoms with E-state index in [1.54, 1.807) is 14.0 Å². The van der Waals surface area contributed by atoms with Crippen molar-refractivity contribution < 1.29 is 14.0 Å². The quantitative estimate of drug-likeness (QED) is 0.507. The fourth-order valence-electron chi connectivity index (χ4n) is 3.42. The number of likely N-dealkylation sites (N-methyl/N-ethyl adjacent to an activating group) is 1. The van der Waals surface area contributed by atoms with Crippen molar-refractivity contribution in [1.82, 2.24) is 15.1 Å². The van der Waals surface area contributed by atoms with Gasteiger partial charge < -0.3 is 14.6 Å². The molecule has 0 fully saturated rings. The molecule has 0 bridgehead atoms. The normalized spacial score (nSPS) is 11.8. The van der Waals surface area contributed by atoms with E-state index in [1.165, 1.54) is 16.7 Å². The highest BCUT2D eigenvalue weighted by molar-refractivity contribution is 8.00. The van der Waals surface area contributed by atoms with E-state index in [4.69, 9.17) is 4.42 Å². The second kappa shape index (κ2) is 10.5. The lowest BCUT2D eigenvalue weighted by molar-refractivity contribution is -0.132. The minimum atomic E-state index is -0.483. The van der Waals surface area contributed by atoms with Crippen molar-refractivity contribution in [3.63, 3.8) is 0 Å². The van der Waals surface area contributed by atoms with Crippen LogP contribution >= 0.6 is 11.8 Å². The molecule has 3 rings (SSSR count). The van der Waals surface area contributed by atoms with Gasteiger partial charge in [-0.15, -0.1) is 10.2 Å². The lowest BCUT2D eigenvalue weighted by Gasteiger charge is -2.20. The van der Waals surface area contributed by atoms with Gasteiger partial charge in [0.25, 0.3) is 5.22 Å². The molecule has 1 unspecified atom stereocenters. The maximum atomic E-state index is 12.8. The number of hydrogen-bond acceptors (Lipinski definition) is 6. The molecule has 168 valence electrons. The SMILES string of the molecule is CCc1ccccc1NC(=O)CN(C)C(=O)C(C)Sc1nnc(-c2cc(C)cc(C)c2)o1. The van der Waals surface area contributed by atoms with Gasteiger partial charge in [-0.05, 0) is 51.0 Å². The Kier molecular flexibility index (Phi) is 7.69. The number of nitrogens with zero attached hydrogens (tertiary/aromatic N) is 3. The second-order valence-electron chi connectivity index (χ2n) is 7.76. The first-order valence-electron chi connectivity index (χ1n) is 10.5. The van der Waals surface area contributed by atoms with Crippen molar-refractivity contribution in [2.24, 2.45) is 0 Å². The monoisotopic (exact) mass is 452 g/mol. The van der Waals surface area contributed by atoms with Crippen LogP contribution in [0.3, 0.4) is 0 Å². The van der Waals surface area contributed by atoms with Crippen LogP contribution in [0.15, 0.2) is 52.1 Å². The summed E-state index contributed by atoms with van der Waals surface area (Å²) in [5, 5.41) is 10.9. The van der Waals surface area contributed by atoms with Crippen LogP contribution in [0, 0.1) is 13.8 Å². The number of rotatable bonds is 8. The first-order valence-corrected chi connectivity index (χ1v) is 11.4. The lowest BCUT2D eigenvalue weighted by Crippen LogP contribution is -2.39. The molecular formula is C24H28N4O3S. The van der Waals surface area contributed by atoms with E-state index in [0.717, 1.165) is 34.4 Å². The maximum Gasteiger partial charge on any atom is 0.277 e. The molecule has 0 saturated heterocycles. The highest BCUT2D eigenvalue weighted by Gasteiger charge is 2.23. The summed E-state index contributed by atoms with van der Waals surface area (Å²) >= 11 is 1.18. The largest absolute Gasteiger partial charge is 0.411 e. The maximum absolute atomic E-state index is 12.8. The molecule has 7 nitrogen and oxygen atoms in total. The minimum absolute atomic E-state index is 0.0422. The molecule has 0 aliphatic heterocycles. The average molecular weight is 453 g/mol. The summed E-state index contributed by atoms with van der Waals surface area (Å²) in [6.07, 6.45) is 0.813. The number of para-hydroxylation sites is 1. The highest BCUT2D eigenvalue weighted by atomic mass is 32.2. The van der Waals surface area contributed by atoms with Crippen LogP contribution in [0.2, 0.25) is 0 Å². The van der Waals surface area contributed by atoms with Crippen LogP contribution in [-0.2, 0) is 16.0 Å². The van der Waals surface area contributed by atoms with Crippen molar-refractivity contribution in [3.8, 4) is 11.5 Å². The van der Waals surface area contributed by atoms with Crippen LogP contribution < -0.4 is 5.32 Å². The molecule has 1 atom stereocenters. The van der Waals surface area contributed by atoms with E-state index in [1.807, 2.05) is 57.2 Å². The number of anilines is 1. The van der Waals surface area contributed by atoms with Gasteiger partial charge >= 0.3 is 0 Å². The number of thioether (sulfide) groups is 1. The number of carbonyl (C=O) groups is 2. The Bertz CT molecular complexity index is 1090. The molecule has 0 aliphatic rings. The van der Waals surface area contributed by atoms with Gasteiger partial charge in [-0.1, -0.05) is 54.1 Å². The number of hydrogen-bond donors (Lipinski definition) is 1. The Morgan fingerprint density at radius 1 is 1.12 bits per heavy atom. The van der Waals surface area contributed by atoms with Crippen LogP contribution in [-0.4, -0.2) is 45.8 Å². The van der Waals surface area contributed by atoms with Gasteiger partial charge in [-0.2, -0.15) is 0 Å². The summed E-state index contributed by atoms with van der Waals surface area (Å²) in [5.41, 5.74) is 4.89. The van der Waals surface area contributed by atoms with Crippen LogP contribution in [0.25, 0.3) is 11.5 Å². The molecule has 1 aromatic heterocycles. The van der Waals surface area contributed by atoms with Crippen molar-refractivity contribution in [3.05, 3.63) is 59.2 Å². The van der Waals surface area contributed by atoms with Crippen LogP contribution in [0.4, 0.5) is 5.69 Å². The van der Waals surface area contributed by atoms with Crippen molar-refractivity contribution in [2.75, 3.05) is 18.9 Å². The Balaban J connectivity index is 1.58. The molecule has 0 radical (unpaired) electrons. The third-order valence-electron chi connectivity index (χ3n) is 4.93. The van der Waals surface area contributed by atoms with Crippen molar-refractivity contribution >= 4 is 29.3 Å². The molecule has 1 heterocycles. The van der Waals surface area contributed by atoms with Gasteiger partial charge in [0.1, 0.15) is 0 Å². The lowest BCUT2D eigenvalue weighted by atomic mass is 10.1. The van der Waals surface area contributed by atoms with Gasteiger partial charge in [0.2, 0.25) is 17.7 Å². The summed E-state index contributed by atoms with van der Waals surface area (Å²) < 4.78 is 5.76. The van der Waals surface area contributed by atoms with Crippen molar-refractivity contribution in [2.45, 2.75) is 44.6 Å². The van der Waals surface area contributed by atoms with E-state index in [9.17, 15) is 9.59 Å². The summed E-state index contributed by atoms with van der Waals surface area (Å²) in [5.74, 6) is -0.0183. The fraction of sp³-hybridized carbons (Fsp3) is 0.333. The number of carbonyl (C=O) groups excluding carboxylic acids is 2. The molecule has 0 spiro atoms. The predicted molar refractivity (Wildman–Crippen MR) is 127 cm³/mol. The Morgan fingerprint density at radius 3 is 2.50 bits per heavy atom. The molecular weight excluding hydrogens is 424 g/mol. The standard InChI is InChI=1S/C24H28N4O3S/c1-6-18-9-7-8-10-20(18)25-21(29)14-28(5)23(30)17(4)32-24-27-26-22(31-24)19-12-15(2)11-16(3)13-19/h7-13,17H,6,14H2,1-5H3,(H,25,29). The Hall–Kier alpha value is -3.13. The van der Waals surface area contributed by atoms with Crippen LogP contribution in [0.1, 0.15) is 30.5 Å². The van der Waals surface area contributed by atoms with Gasteiger partial charge in [-0.3, -0.25) is 9.59 Å². The molecule has 2 aromatic carbocycles. The zero-order chi connectivity index (χ0) is 23.3. The third-order valence-corrected chi connectivity index (χ3v) is 5.85. The van der Waals surface area contributed by atoms with E-state index < -0.39 is 5.25 Å². The molecule has 0 aliphatic carbocycles. The van der Waals surface area contributed by atoms with E-state index in [0.29, 0.717) is 11.1 Å². The molecule has 2 amide bonds. The first kappa shape index (κ1) is 23.5. The minimum Gasteiger partial charge on any atom is -0.411 e. The van der Waals surface area contributed by atoms with Crippen LogP contribution in [0.5, 0.6) is 0 Å². The number of aryl methyl sites for hydroxylation is 3. The number of amides is 2. The van der Waals surface area contributed by atoms with E-state index >= 15 is 0 Å². The molecule has 32 heavy (non-hydrogen) atoms. The first-order chi connectivity index (χ1) is 15.3. The number of benzene rings is 2. The van der Waals surface area contributed by atoms with E-state index in [2.05, 4.69) is 21.6 Å². The topological polar surface area (TPSA) is 88.3 Å². The summed E-state index contributed by atoms with van der Waals surface area (Å²) in [4.78, 5) is 26.6. The smallest absolute Gasteiger partial charge is 0.277 e. The summed E-state index contributed by atoms with van der Waals surface area (Å²) in [6, 6.07) is 13.7. The van der Waals surface area contributed by atoms with Gasteiger partial charge in [0.15, 0.2) is 0 Å².